The Bertz CT molecular complexity index is 1060. The van der Waals surface area contributed by atoms with Crippen LogP contribution in [-0.2, 0) is 6.54 Å². The molecule has 1 N–H and O–H groups in total. The third-order valence-electron chi connectivity index (χ3n) is 4.77. The molecule has 0 aliphatic carbocycles. The van der Waals surface area contributed by atoms with E-state index in [2.05, 4.69) is 30.5 Å². The van der Waals surface area contributed by atoms with Crippen molar-refractivity contribution in [1.82, 2.24) is 9.55 Å². The Morgan fingerprint density at radius 2 is 1.70 bits per heavy atom. The lowest BCUT2D eigenvalue weighted by molar-refractivity contribution is 0.0933. The molecule has 4 aromatic rings. The molecule has 1 atom stereocenters. The Balaban J connectivity index is 1.54. The maximum atomic E-state index is 10.6. The maximum Gasteiger partial charge on any atom is 0.127 e. The van der Waals surface area contributed by atoms with E-state index in [0.717, 1.165) is 33.4 Å². The van der Waals surface area contributed by atoms with Crippen LogP contribution in [0.15, 0.2) is 66.7 Å². The molecule has 27 heavy (non-hydrogen) atoms. The van der Waals surface area contributed by atoms with E-state index < -0.39 is 6.10 Å². The van der Waals surface area contributed by atoms with Crippen molar-refractivity contribution >= 4 is 21.8 Å². The minimum Gasteiger partial charge on any atom is -0.490 e. The summed E-state index contributed by atoms with van der Waals surface area (Å²) in [6.07, 6.45) is -0.626. The molecule has 4 rings (SSSR count). The predicted octanol–water partition coefficient (Wildman–Crippen LogP) is 4.75. The number of hydrogen-bond acceptors (Lipinski definition) is 3. The smallest absolute Gasteiger partial charge is 0.127 e. The predicted molar refractivity (Wildman–Crippen MR) is 109 cm³/mol. The van der Waals surface area contributed by atoms with Crippen LogP contribution in [0.25, 0.3) is 21.8 Å². The summed E-state index contributed by atoms with van der Waals surface area (Å²) in [5.74, 6) is 2.07. The maximum absolute atomic E-state index is 10.6. The van der Waals surface area contributed by atoms with E-state index in [1.807, 2.05) is 54.6 Å². The number of hydrogen-bond donors (Lipinski definition) is 1. The molecule has 4 nitrogen and oxygen atoms in total. The number of para-hydroxylation sites is 2. The van der Waals surface area contributed by atoms with Crippen LogP contribution in [0.4, 0.5) is 0 Å². The molecule has 0 radical (unpaired) electrons. The molecule has 0 aliphatic heterocycles. The molecule has 0 unspecified atom stereocenters. The highest BCUT2D eigenvalue weighted by Gasteiger charge is 2.17. The second-order valence-corrected chi connectivity index (χ2v) is 7.17. The second-order valence-electron chi connectivity index (χ2n) is 7.17. The van der Waals surface area contributed by atoms with Crippen LogP contribution in [0.2, 0.25) is 0 Å². The van der Waals surface area contributed by atoms with Crippen LogP contribution in [-0.4, -0.2) is 27.4 Å². The van der Waals surface area contributed by atoms with E-state index in [-0.39, 0.29) is 12.5 Å². The highest BCUT2D eigenvalue weighted by molar-refractivity contribution is 5.88. The summed E-state index contributed by atoms with van der Waals surface area (Å²) >= 11 is 0. The Morgan fingerprint density at radius 3 is 2.56 bits per heavy atom. The average Bonchev–Trinajstić information content (AvgIpc) is 3.05. The van der Waals surface area contributed by atoms with Crippen LogP contribution in [0.1, 0.15) is 25.6 Å². The minimum absolute atomic E-state index is 0.234. The Hall–Kier alpha value is -2.85. The van der Waals surface area contributed by atoms with Gasteiger partial charge in [-0.15, -0.1) is 0 Å². The molecule has 0 bridgehead atoms. The van der Waals surface area contributed by atoms with Crippen LogP contribution in [0, 0.1) is 0 Å². The molecule has 0 fully saturated rings. The van der Waals surface area contributed by atoms with E-state index in [0.29, 0.717) is 6.54 Å². The van der Waals surface area contributed by atoms with Gasteiger partial charge >= 0.3 is 0 Å². The fourth-order valence-electron chi connectivity index (χ4n) is 3.50. The highest BCUT2D eigenvalue weighted by Crippen LogP contribution is 2.26. The first-order valence-electron chi connectivity index (χ1n) is 9.37. The van der Waals surface area contributed by atoms with Crippen molar-refractivity contribution in [3.8, 4) is 5.75 Å². The third-order valence-corrected chi connectivity index (χ3v) is 4.77. The van der Waals surface area contributed by atoms with E-state index in [9.17, 15) is 5.11 Å². The third kappa shape index (κ3) is 3.53. The first-order chi connectivity index (χ1) is 13.1. The van der Waals surface area contributed by atoms with Crippen molar-refractivity contribution in [2.45, 2.75) is 32.4 Å². The molecule has 0 aliphatic rings. The van der Waals surface area contributed by atoms with Gasteiger partial charge in [-0.1, -0.05) is 62.4 Å². The topological polar surface area (TPSA) is 47.3 Å². The van der Waals surface area contributed by atoms with Gasteiger partial charge in [-0.25, -0.2) is 4.98 Å². The SMILES string of the molecule is CC(C)c1nc2ccccc2n1C[C@H](O)COc1cccc2ccccc12. The molecular formula is C23H24N2O2. The van der Waals surface area contributed by atoms with Gasteiger partial charge in [0.2, 0.25) is 0 Å². The van der Waals surface area contributed by atoms with Crippen LogP contribution < -0.4 is 4.74 Å². The molecule has 3 aromatic carbocycles. The van der Waals surface area contributed by atoms with Crippen LogP contribution in [0.3, 0.4) is 0 Å². The number of benzene rings is 3. The van der Waals surface area contributed by atoms with E-state index >= 15 is 0 Å². The van der Waals surface area contributed by atoms with Crippen LogP contribution in [0.5, 0.6) is 5.75 Å². The van der Waals surface area contributed by atoms with Crippen molar-refractivity contribution in [2.24, 2.45) is 0 Å². The zero-order valence-corrected chi connectivity index (χ0v) is 15.7. The molecule has 1 heterocycles. The Labute approximate surface area is 159 Å². The van der Waals surface area contributed by atoms with Crippen molar-refractivity contribution in [1.29, 1.82) is 0 Å². The van der Waals surface area contributed by atoms with Crippen molar-refractivity contribution < 1.29 is 9.84 Å². The molecule has 1 aromatic heterocycles. The summed E-state index contributed by atoms with van der Waals surface area (Å²) < 4.78 is 8.07. The first-order valence-corrected chi connectivity index (χ1v) is 9.37. The Kier molecular flexibility index (Phi) is 4.82. The van der Waals surface area contributed by atoms with E-state index in [1.165, 1.54) is 0 Å². The number of aliphatic hydroxyl groups excluding tert-OH is 1. The number of imidazole rings is 1. The molecular weight excluding hydrogens is 336 g/mol. The molecule has 0 amide bonds. The van der Waals surface area contributed by atoms with Crippen molar-refractivity contribution in [2.75, 3.05) is 6.61 Å². The molecule has 0 saturated heterocycles. The number of fused-ring (bicyclic) bond motifs is 2. The lowest BCUT2D eigenvalue weighted by atomic mass is 10.1. The van der Waals surface area contributed by atoms with Gasteiger partial charge in [-0.2, -0.15) is 0 Å². The summed E-state index contributed by atoms with van der Waals surface area (Å²) in [6.45, 7) is 4.93. The first kappa shape index (κ1) is 17.6. The standard InChI is InChI=1S/C23H24N2O2/c1-16(2)23-24-20-11-5-6-12-21(20)25(23)14-18(26)15-27-22-13-7-9-17-8-3-4-10-19(17)22/h3-13,16,18,26H,14-15H2,1-2H3/t18-/m0/s1. The largest absolute Gasteiger partial charge is 0.490 e. The van der Waals surface area contributed by atoms with Gasteiger partial charge in [0.25, 0.3) is 0 Å². The zero-order chi connectivity index (χ0) is 18.8. The fourth-order valence-corrected chi connectivity index (χ4v) is 3.50. The summed E-state index contributed by atoms with van der Waals surface area (Å²) in [5, 5.41) is 12.8. The summed E-state index contributed by atoms with van der Waals surface area (Å²) in [5.41, 5.74) is 2.01. The van der Waals surface area contributed by atoms with Gasteiger partial charge in [-0.3, -0.25) is 0 Å². The van der Waals surface area contributed by atoms with Gasteiger partial charge in [0.05, 0.1) is 17.6 Å². The van der Waals surface area contributed by atoms with Crippen molar-refractivity contribution in [3.05, 3.63) is 72.6 Å². The normalized spacial score (nSPS) is 12.7. The monoisotopic (exact) mass is 360 g/mol. The lowest BCUT2D eigenvalue weighted by Gasteiger charge is -2.17. The molecule has 138 valence electrons. The van der Waals surface area contributed by atoms with Gasteiger partial charge in [0.15, 0.2) is 0 Å². The van der Waals surface area contributed by atoms with Crippen LogP contribution >= 0.6 is 0 Å². The lowest BCUT2D eigenvalue weighted by Crippen LogP contribution is -2.25. The number of aromatic nitrogens is 2. The van der Waals surface area contributed by atoms with Gasteiger partial charge in [0, 0.05) is 11.3 Å². The van der Waals surface area contributed by atoms with E-state index in [4.69, 9.17) is 9.72 Å². The summed E-state index contributed by atoms with van der Waals surface area (Å²) in [6, 6.07) is 22.1. The summed E-state index contributed by atoms with van der Waals surface area (Å²) in [4.78, 5) is 4.74. The average molecular weight is 360 g/mol. The van der Waals surface area contributed by atoms with Crippen molar-refractivity contribution in [3.63, 3.8) is 0 Å². The quantitative estimate of drug-likeness (QED) is 0.540. The molecule has 0 saturated carbocycles. The second kappa shape index (κ2) is 7.41. The summed E-state index contributed by atoms with van der Waals surface area (Å²) in [7, 11) is 0. The van der Waals surface area contributed by atoms with E-state index in [1.54, 1.807) is 0 Å². The number of ether oxygens (including phenoxy) is 1. The zero-order valence-electron chi connectivity index (χ0n) is 15.7. The number of rotatable bonds is 6. The van der Waals surface area contributed by atoms with Gasteiger partial charge in [-0.05, 0) is 23.6 Å². The Morgan fingerprint density at radius 1 is 0.963 bits per heavy atom. The molecule has 4 heteroatoms. The van der Waals surface area contributed by atoms with Gasteiger partial charge in [0.1, 0.15) is 24.3 Å². The fraction of sp³-hybridized carbons (Fsp3) is 0.261. The van der Waals surface area contributed by atoms with Gasteiger partial charge < -0.3 is 14.4 Å². The number of aliphatic hydroxyl groups is 1. The number of nitrogens with zero attached hydrogens (tertiary/aromatic N) is 2. The highest BCUT2D eigenvalue weighted by atomic mass is 16.5. The molecule has 0 spiro atoms. The minimum atomic E-state index is -0.626.